The third-order valence-electron chi connectivity index (χ3n) is 4.24. The van der Waals surface area contributed by atoms with Crippen molar-refractivity contribution in [2.45, 2.75) is 23.5 Å². The first kappa shape index (κ1) is 19.6. The van der Waals surface area contributed by atoms with E-state index in [9.17, 15) is 14.9 Å². The fourth-order valence-electron chi connectivity index (χ4n) is 2.75. The van der Waals surface area contributed by atoms with Gasteiger partial charge in [0.25, 0.3) is 5.69 Å². The summed E-state index contributed by atoms with van der Waals surface area (Å²) in [6, 6.07) is 24.1. The van der Waals surface area contributed by atoms with Crippen LogP contribution in [0.3, 0.4) is 0 Å². The topological polar surface area (TPSA) is 72.2 Å². The molecule has 1 N–H and O–H groups in total. The molecule has 0 saturated carbocycles. The molecular formula is C22H20N2O3S. The van der Waals surface area contributed by atoms with E-state index in [1.165, 1.54) is 29.5 Å². The minimum atomic E-state index is -0.436. The Morgan fingerprint density at radius 1 is 1.00 bits per heavy atom. The van der Waals surface area contributed by atoms with Crippen LogP contribution in [-0.4, -0.2) is 16.1 Å². The lowest BCUT2D eigenvalue weighted by molar-refractivity contribution is -0.384. The van der Waals surface area contributed by atoms with Gasteiger partial charge in [-0.15, -0.1) is 11.8 Å². The van der Waals surface area contributed by atoms with Gasteiger partial charge in [-0.1, -0.05) is 48.5 Å². The molecule has 6 heteroatoms. The number of thioether (sulfide) groups is 1. The van der Waals surface area contributed by atoms with Crippen LogP contribution in [-0.2, 0) is 11.2 Å². The summed E-state index contributed by atoms with van der Waals surface area (Å²) in [5, 5.41) is 13.4. The maximum atomic E-state index is 12.7. The average molecular weight is 392 g/mol. The van der Waals surface area contributed by atoms with Gasteiger partial charge >= 0.3 is 0 Å². The number of nitrogens with one attached hydrogen (secondary N) is 1. The lowest BCUT2D eigenvalue weighted by Gasteiger charge is -2.15. The highest BCUT2D eigenvalue weighted by Crippen LogP contribution is 2.27. The number of non-ortho nitro benzene ring substituents is 1. The van der Waals surface area contributed by atoms with Crippen LogP contribution >= 0.6 is 11.8 Å². The first-order chi connectivity index (χ1) is 13.5. The van der Waals surface area contributed by atoms with Crippen molar-refractivity contribution < 1.29 is 9.72 Å². The molecule has 3 aromatic carbocycles. The Labute approximate surface area is 167 Å². The van der Waals surface area contributed by atoms with Crippen molar-refractivity contribution in [3.8, 4) is 0 Å². The van der Waals surface area contributed by atoms with Gasteiger partial charge in [-0.2, -0.15) is 0 Å². The van der Waals surface area contributed by atoms with Gasteiger partial charge in [0.05, 0.1) is 10.2 Å². The maximum absolute atomic E-state index is 12.7. The molecular weight excluding hydrogens is 372 g/mol. The molecule has 0 spiro atoms. The number of hydrogen-bond acceptors (Lipinski definition) is 4. The quantitative estimate of drug-likeness (QED) is 0.336. The number of anilines is 1. The zero-order valence-corrected chi connectivity index (χ0v) is 16.2. The number of amides is 1. The van der Waals surface area contributed by atoms with Crippen LogP contribution in [0.25, 0.3) is 0 Å². The number of carbonyl (C=O) groups excluding carboxylic acids is 1. The first-order valence-corrected chi connectivity index (χ1v) is 9.74. The van der Waals surface area contributed by atoms with E-state index in [1.807, 2.05) is 49.4 Å². The third kappa shape index (κ3) is 5.20. The number of rotatable bonds is 7. The lowest BCUT2D eigenvalue weighted by Crippen LogP contribution is -2.23. The Hall–Kier alpha value is -3.12. The van der Waals surface area contributed by atoms with Gasteiger partial charge in [0.2, 0.25) is 5.91 Å². The summed E-state index contributed by atoms with van der Waals surface area (Å²) in [7, 11) is 0. The van der Waals surface area contributed by atoms with Crippen molar-refractivity contribution >= 4 is 29.0 Å². The zero-order valence-electron chi connectivity index (χ0n) is 15.4. The molecule has 0 aliphatic rings. The van der Waals surface area contributed by atoms with Crippen LogP contribution in [0, 0.1) is 10.1 Å². The molecule has 0 fully saturated rings. The minimum Gasteiger partial charge on any atom is -0.325 e. The Morgan fingerprint density at radius 2 is 1.64 bits per heavy atom. The fraction of sp³-hybridized carbons (Fsp3) is 0.136. The standard InChI is InChI=1S/C22H20N2O3S/c1-16(28-20-13-11-19(12-14-20)24(26)27)22(25)23-21-10-6-5-9-18(21)15-17-7-3-2-4-8-17/h2-14,16H,15H2,1H3,(H,23,25). The van der Waals surface area contributed by atoms with E-state index in [0.717, 1.165) is 22.6 Å². The van der Waals surface area contributed by atoms with E-state index in [-0.39, 0.29) is 16.8 Å². The Morgan fingerprint density at radius 3 is 2.32 bits per heavy atom. The number of nitro groups is 1. The van der Waals surface area contributed by atoms with Gasteiger partial charge in [0.1, 0.15) is 0 Å². The normalized spacial score (nSPS) is 11.6. The van der Waals surface area contributed by atoms with E-state index in [1.54, 1.807) is 12.1 Å². The summed E-state index contributed by atoms with van der Waals surface area (Å²) in [4.78, 5) is 23.8. The van der Waals surface area contributed by atoms with E-state index >= 15 is 0 Å². The fourth-order valence-corrected chi connectivity index (χ4v) is 3.62. The smallest absolute Gasteiger partial charge is 0.269 e. The van der Waals surface area contributed by atoms with Gasteiger partial charge in [-0.05, 0) is 42.7 Å². The zero-order chi connectivity index (χ0) is 19.9. The summed E-state index contributed by atoms with van der Waals surface area (Å²) in [5.74, 6) is -0.108. The van der Waals surface area contributed by atoms with Gasteiger partial charge in [-0.25, -0.2) is 0 Å². The molecule has 0 saturated heterocycles. The molecule has 1 amide bonds. The molecule has 1 unspecified atom stereocenters. The van der Waals surface area contributed by atoms with Crippen LogP contribution in [0.15, 0.2) is 83.8 Å². The molecule has 0 heterocycles. The minimum absolute atomic E-state index is 0.0382. The van der Waals surface area contributed by atoms with E-state index in [2.05, 4.69) is 17.4 Å². The first-order valence-electron chi connectivity index (χ1n) is 8.87. The molecule has 5 nitrogen and oxygen atoms in total. The van der Waals surface area contributed by atoms with Crippen molar-refractivity contribution in [1.29, 1.82) is 0 Å². The second-order valence-corrected chi connectivity index (χ2v) is 7.73. The summed E-state index contributed by atoms with van der Waals surface area (Å²) >= 11 is 1.37. The van der Waals surface area contributed by atoms with Gasteiger partial charge in [-0.3, -0.25) is 14.9 Å². The molecule has 142 valence electrons. The molecule has 0 radical (unpaired) electrons. The third-order valence-corrected chi connectivity index (χ3v) is 5.35. The Kier molecular flexibility index (Phi) is 6.45. The average Bonchev–Trinajstić information content (AvgIpc) is 2.70. The van der Waals surface area contributed by atoms with Gasteiger partial charge in [0, 0.05) is 22.7 Å². The second kappa shape index (κ2) is 9.19. The Bertz CT molecular complexity index is 959. The predicted molar refractivity (Wildman–Crippen MR) is 113 cm³/mol. The van der Waals surface area contributed by atoms with Crippen LogP contribution < -0.4 is 5.32 Å². The SMILES string of the molecule is CC(Sc1ccc([N+](=O)[O-])cc1)C(=O)Nc1ccccc1Cc1ccccc1. The number of benzene rings is 3. The van der Waals surface area contributed by atoms with Crippen LogP contribution in [0.5, 0.6) is 0 Å². The molecule has 3 aromatic rings. The maximum Gasteiger partial charge on any atom is 0.269 e. The number of para-hydroxylation sites is 1. The summed E-state index contributed by atoms with van der Waals surface area (Å²) in [5.41, 5.74) is 3.07. The highest BCUT2D eigenvalue weighted by Gasteiger charge is 2.16. The molecule has 0 aliphatic carbocycles. The number of carbonyl (C=O) groups is 1. The van der Waals surface area contributed by atoms with Crippen LogP contribution in [0.1, 0.15) is 18.1 Å². The van der Waals surface area contributed by atoms with Crippen molar-refractivity contribution in [1.82, 2.24) is 0 Å². The molecule has 3 rings (SSSR count). The highest BCUT2D eigenvalue weighted by molar-refractivity contribution is 8.00. The largest absolute Gasteiger partial charge is 0.325 e. The molecule has 0 aromatic heterocycles. The van der Waals surface area contributed by atoms with Crippen molar-refractivity contribution in [3.05, 3.63) is 100 Å². The molecule has 1 atom stereocenters. The lowest BCUT2D eigenvalue weighted by atomic mass is 10.0. The Balaban J connectivity index is 1.66. The van der Waals surface area contributed by atoms with E-state index in [4.69, 9.17) is 0 Å². The summed E-state index contributed by atoms with van der Waals surface area (Å²) in [6.45, 7) is 1.82. The van der Waals surface area contributed by atoms with Crippen LogP contribution in [0.2, 0.25) is 0 Å². The summed E-state index contributed by atoms with van der Waals surface area (Å²) < 4.78 is 0. The number of hydrogen-bond donors (Lipinski definition) is 1. The summed E-state index contributed by atoms with van der Waals surface area (Å²) in [6.07, 6.45) is 0.737. The van der Waals surface area contributed by atoms with E-state index < -0.39 is 4.92 Å². The monoisotopic (exact) mass is 392 g/mol. The number of nitro benzene ring substituents is 1. The van der Waals surface area contributed by atoms with Gasteiger partial charge in [0.15, 0.2) is 0 Å². The molecule has 0 bridgehead atoms. The molecule has 0 aliphatic heterocycles. The van der Waals surface area contributed by atoms with Gasteiger partial charge < -0.3 is 5.32 Å². The molecule has 28 heavy (non-hydrogen) atoms. The highest BCUT2D eigenvalue weighted by atomic mass is 32.2. The van der Waals surface area contributed by atoms with E-state index in [0.29, 0.717) is 0 Å². The number of nitrogens with zero attached hydrogens (tertiary/aromatic N) is 1. The van der Waals surface area contributed by atoms with Crippen molar-refractivity contribution in [3.63, 3.8) is 0 Å². The second-order valence-electron chi connectivity index (χ2n) is 6.32. The van der Waals surface area contributed by atoms with Crippen molar-refractivity contribution in [2.24, 2.45) is 0 Å². The van der Waals surface area contributed by atoms with Crippen molar-refractivity contribution in [2.75, 3.05) is 5.32 Å². The predicted octanol–water partition coefficient (Wildman–Crippen LogP) is 5.30. The van der Waals surface area contributed by atoms with Crippen LogP contribution in [0.4, 0.5) is 11.4 Å².